The van der Waals surface area contributed by atoms with Crippen LogP contribution >= 0.6 is 12.2 Å². The monoisotopic (exact) mass is 413 g/mol. The van der Waals surface area contributed by atoms with E-state index in [1.54, 1.807) is 12.1 Å². The van der Waals surface area contributed by atoms with Crippen LogP contribution in [0, 0.1) is 13.8 Å². The van der Waals surface area contributed by atoms with Crippen molar-refractivity contribution < 1.29 is 14.3 Å². The Morgan fingerprint density at radius 3 is 2.28 bits per heavy atom. The summed E-state index contributed by atoms with van der Waals surface area (Å²) in [6.07, 6.45) is 0. The van der Waals surface area contributed by atoms with E-state index in [2.05, 4.69) is 36.9 Å². The smallest absolute Gasteiger partial charge is 0.269 e. The maximum Gasteiger partial charge on any atom is 0.269 e. The molecule has 154 valence electrons. The summed E-state index contributed by atoms with van der Waals surface area (Å²) >= 11 is 5.03. The summed E-state index contributed by atoms with van der Waals surface area (Å²) < 4.78 is 5.53. The van der Waals surface area contributed by atoms with Gasteiger partial charge in [0.2, 0.25) is 0 Å². The molecule has 6 nitrogen and oxygen atoms in total. The second-order valence-corrected chi connectivity index (χ2v) is 8.25. The summed E-state index contributed by atoms with van der Waals surface area (Å²) in [7, 11) is 0. The molecule has 0 bridgehead atoms. The number of hydrazine groups is 1. The molecule has 0 saturated carbocycles. The molecule has 0 unspecified atom stereocenters. The number of nitrogens with one attached hydrogen (secondary N) is 3. The number of amides is 2. The molecule has 3 N–H and O–H groups in total. The number of carbonyl (C=O) groups is 2. The molecule has 2 rings (SSSR count). The SMILES string of the molecule is Cc1ccc(C)c(OCC(=O)NC(=S)NNC(=O)c2ccc(C(C)(C)C)cc2)c1. The first-order chi connectivity index (χ1) is 13.6. The van der Waals surface area contributed by atoms with Crippen LogP contribution in [-0.4, -0.2) is 23.5 Å². The lowest BCUT2D eigenvalue weighted by Gasteiger charge is -2.19. The number of rotatable bonds is 4. The Morgan fingerprint density at radius 2 is 1.66 bits per heavy atom. The lowest BCUT2D eigenvalue weighted by molar-refractivity contribution is -0.121. The number of ether oxygens (including phenoxy) is 1. The lowest BCUT2D eigenvalue weighted by atomic mass is 9.87. The molecule has 2 aromatic carbocycles. The van der Waals surface area contributed by atoms with Crippen molar-refractivity contribution in [2.45, 2.75) is 40.0 Å². The molecule has 0 atom stereocenters. The van der Waals surface area contributed by atoms with Crippen molar-refractivity contribution in [2.75, 3.05) is 6.61 Å². The van der Waals surface area contributed by atoms with Gasteiger partial charge in [-0.25, -0.2) is 0 Å². The van der Waals surface area contributed by atoms with E-state index in [0.29, 0.717) is 11.3 Å². The van der Waals surface area contributed by atoms with E-state index in [4.69, 9.17) is 17.0 Å². The Labute approximate surface area is 177 Å². The summed E-state index contributed by atoms with van der Waals surface area (Å²) in [5, 5.41) is 2.45. The number of hydrogen-bond donors (Lipinski definition) is 3. The van der Waals surface area contributed by atoms with Gasteiger partial charge in [-0.2, -0.15) is 0 Å². The molecule has 2 aromatic rings. The van der Waals surface area contributed by atoms with E-state index in [9.17, 15) is 9.59 Å². The van der Waals surface area contributed by atoms with Crippen LogP contribution in [0.4, 0.5) is 0 Å². The number of hydrogen-bond acceptors (Lipinski definition) is 4. The highest BCUT2D eigenvalue weighted by molar-refractivity contribution is 7.80. The Kier molecular flexibility index (Phi) is 7.34. The van der Waals surface area contributed by atoms with Crippen LogP contribution in [0.2, 0.25) is 0 Å². The maximum atomic E-state index is 12.2. The molecule has 0 spiro atoms. The van der Waals surface area contributed by atoms with Crippen LogP contribution in [0.5, 0.6) is 5.75 Å². The summed E-state index contributed by atoms with van der Waals surface area (Å²) in [6.45, 7) is 9.99. The van der Waals surface area contributed by atoms with Gasteiger partial charge in [0.25, 0.3) is 11.8 Å². The molecule has 29 heavy (non-hydrogen) atoms. The van der Waals surface area contributed by atoms with E-state index >= 15 is 0 Å². The van der Waals surface area contributed by atoms with Crippen LogP contribution in [0.15, 0.2) is 42.5 Å². The van der Waals surface area contributed by atoms with Gasteiger partial charge in [0.05, 0.1) is 0 Å². The third-order valence-electron chi connectivity index (χ3n) is 4.26. The normalized spacial score (nSPS) is 10.8. The lowest BCUT2D eigenvalue weighted by Crippen LogP contribution is -2.49. The van der Waals surface area contributed by atoms with Gasteiger partial charge in [-0.05, 0) is 66.4 Å². The third-order valence-corrected chi connectivity index (χ3v) is 4.46. The predicted molar refractivity (Wildman–Crippen MR) is 118 cm³/mol. The Morgan fingerprint density at radius 1 is 1.00 bits per heavy atom. The number of aryl methyl sites for hydroxylation is 2. The minimum atomic E-state index is -0.424. The van der Waals surface area contributed by atoms with Gasteiger partial charge in [-0.1, -0.05) is 45.0 Å². The van der Waals surface area contributed by atoms with Crippen LogP contribution in [0.3, 0.4) is 0 Å². The van der Waals surface area contributed by atoms with Crippen molar-refractivity contribution in [3.05, 3.63) is 64.7 Å². The standard InChI is InChI=1S/C22H27N3O3S/c1-14-6-7-15(2)18(12-14)28-13-19(26)23-21(29)25-24-20(27)16-8-10-17(11-9-16)22(3,4)5/h6-12H,13H2,1-5H3,(H,24,27)(H2,23,25,26,29). The second kappa shape index (κ2) is 9.52. The Hall–Kier alpha value is -2.93. The van der Waals surface area contributed by atoms with E-state index < -0.39 is 5.91 Å². The molecule has 7 heteroatoms. The highest BCUT2D eigenvalue weighted by atomic mass is 32.1. The molecule has 0 saturated heterocycles. The predicted octanol–water partition coefficient (Wildman–Crippen LogP) is 3.32. The fourth-order valence-electron chi connectivity index (χ4n) is 2.51. The maximum absolute atomic E-state index is 12.2. The summed E-state index contributed by atoms with van der Waals surface area (Å²) in [5.41, 5.74) is 8.60. The first-order valence-electron chi connectivity index (χ1n) is 9.27. The minimum absolute atomic E-state index is 0.0121. The second-order valence-electron chi connectivity index (χ2n) is 7.84. The van der Waals surface area contributed by atoms with Gasteiger partial charge >= 0.3 is 0 Å². The molecular formula is C22H27N3O3S. The van der Waals surface area contributed by atoms with Crippen molar-refractivity contribution in [1.29, 1.82) is 0 Å². The zero-order valence-electron chi connectivity index (χ0n) is 17.4. The van der Waals surface area contributed by atoms with Gasteiger partial charge in [0.15, 0.2) is 11.7 Å². The molecule has 0 radical (unpaired) electrons. The van der Waals surface area contributed by atoms with Crippen molar-refractivity contribution in [3.63, 3.8) is 0 Å². The van der Waals surface area contributed by atoms with Crippen LogP contribution in [0.1, 0.15) is 47.8 Å². The molecule has 0 aliphatic rings. The summed E-state index contributed by atoms with van der Waals surface area (Å²) in [5.74, 6) is -0.132. The Balaban J connectivity index is 1.79. The topological polar surface area (TPSA) is 79.5 Å². The number of carbonyl (C=O) groups excluding carboxylic acids is 2. The van der Waals surface area contributed by atoms with Crippen LogP contribution in [-0.2, 0) is 10.2 Å². The molecule has 0 heterocycles. The van der Waals surface area contributed by atoms with E-state index in [1.807, 2.05) is 44.2 Å². The van der Waals surface area contributed by atoms with E-state index in [0.717, 1.165) is 16.7 Å². The highest BCUT2D eigenvalue weighted by Gasteiger charge is 2.14. The third kappa shape index (κ3) is 6.87. The summed E-state index contributed by atoms with van der Waals surface area (Å²) in [4.78, 5) is 24.2. The number of benzene rings is 2. The van der Waals surface area contributed by atoms with Gasteiger partial charge < -0.3 is 4.74 Å². The van der Waals surface area contributed by atoms with Crippen molar-refractivity contribution in [3.8, 4) is 5.75 Å². The zero-order chi connectivity index (χ0) is 21.6. The molecule has 0 aromatic heterocycles. The van der Waals surface area contributed by atoms with Crippen molar-refractivity contribution in [2.24, 2.45) is 0 Å². The van der Waals surface area contributed by atoms with Gasteiger partial charge in [-0.3, -0.25) is 25.8 Å². The highest BCUT2D eigenvalue weighted by Crippen LogP contribution is 2.22. The number of thiocarbonyl (C=S) groups is 1. The quantitative estimate of drug-likeness (QED) is 0.529. The first-order valence-corrected chi connectivity index (χ1v) is 9.68. The molecule has 0 aliphatic heterocycles. The zero-order valence-corrected chi connectivity index (χ0v) is 18.2. The molecule has 2 amide bonds. The average molecular weight is 414 g/mol. The molecular weight excluding hydrogens is 386 g/mol. The van der Waals surface area contributed by atoms with Gasteiger partial charge in [-0.15, -0.1) is 0 Å². The van der Waals surface area contributed by atoms with Gasteiger partial charge in [0.1, 0.15) is 5.75 Å². The van der Waals surface area contributed by atoms with E-state index in [1.165, 1.54) is 0 Å². The molecule has 0 aliphatic carbocycles. The molecule has 0 fully saturated rings. The average Bonchev–Trinajstić information content (AvgIpc) is 2.66. The largest absolute Gasteiger partial charge is 0.483 e. The van der Waals surface area contributed by atoms with Crippen LogP contribution < -0.4 is 20.9 Å². The van der Waals surface area contributed by atoms with Crippen molar-refractivity contribution >= 4 is 29.1 Å². The van der Waals surface area contributed by atoms with E-state index in [-0.39, 0.29) is 23.0 Å². The Bertz CT molecular complexity index is 903. The van der Waals surface area contributed by atoms with Gasteiger partial charge in [0, 0.05) is 5.56 Å². The fourth-order valence-corrected chi connectivity index (χ4v) is 2.67. The summed E-state index contributed by atoms with van der Waals surface area (Å²) in [6, 6.07) is 13.1. The minimum Gasteiger partial charge on any atom is -0.483 e. The first kappa shape index (κ1) is 22.4. The fraction of sp³-hybridized carbons (Fsp3) is 0.318. The van der Waals surface area contributed by atoms with Crippen molar-refractivity contribution in [1.82, 2.24) is 16.2 Å². The van der Waals surface area contributed by atoms with Crippen LogP contribution in [0.25, 0.3) is 0 Å².